The second-order valence-corrected chi connectivity index (χ2v) is 6.40. The first-order valence-corrected chi connectivity index (χ1v) is 7.32. The van der Waals surface area contributed by atoms with Gasteiger partial charge in [0.1, 0.15) is 5.75 Å². The van der Waals surface area contributed by atoms with Crippen LogP contribution in [0.25, 0.3) is 0 Å². The van der Waals surface area contributed by atoms with Crippen molar-refractivity contribution in [3.05, 3.63) is 28.8 Å². The molecule has 3 nitrogen and oxygen atoms in total. The molecule has 0 bridgehead atoms. The van der Waals surface area contributed by atoms with Crippen LogP contribution in [0.5, 0.6) is 5.75 Å². The first kappa shape index (κ1) is 16.5. The summed E-state index contributed by atoms with van der Waals surface area (Å²) < 4.78 is 0. The fraction of sp³-hybridized carbons (Fsp3) is 0.588. The Kier molecular flexibility index (Phi) is 5.61. The number of carboxylic acid groups (broad SMARTS) is 1. The molecular weight excluding hydrogens is 252 g/mol. The lowest BCUT2D eigenvalue weighted by Gasteiger charge is -2.23. The molecule has 0 saturated heterocycles. The third-order valence-corrected chi connectivity index (χ3v) is 3.48. The zero-order chi connectivity index (χ0) is 15.3. The monoisotopic (exact) mass is 278 g/mol. The van der Waals surface area contributed by atoms with Crippen LogP contribution in [0, 0.1) is 0 Å². The normalized spacial score (nSPS) is 11.6. The maximum absolute atomic E-state index is 10.7. The summed E-state index contributed by atoms with van der Waals surface area (Å²) >= 11 is 0. The number of benzene rings is 1. The van der Waals surface area contributed by atoms with Gasteiger partial charge in [-0.05, 0) is 41.4 Å². The van der Waals surface area contributed by atoms with Crippen LogP contribution in [0.1, 0.15) is 63.6 Å². The van der Waals surface area contributed by atoms with Crippen molar-refractivity contribution in [3.63, 3.8) is 0 Å². The minimum atomic E-state index is -0.787. The largest absolute Gasteiger partial charge is 0.507 e. The van der Waals surface area contributed by atoms with Gasteiger partial charge < -0.3 is 10.2 Å². The number of aryl methyl sites for hydroxylation is 2. The van der Waals surface area contributed by atoms with E-state index in [0.717, 1.165) is 36.0 Å². The van der Waals surface area contributed by atoms with Crippen LogP contribution < -0.4 is 0 Å². The molecule has 0 aliphatic rings. The van der Waals surface area contributed by atoms with Crippen LogP contribution in [0.3, 0.4) is 0 Å². The molecule has 1 aromatic carbocycles. The predicted molar refractivity (Wildman–Crippen MR) is 81.4 cm³/mol. The van der Waals surface area contributed by atoms with Crippen molar-refractivity contribution in [3.8, 4) is 5.75 Å². The van der Waals surface area contributed by atoms with E-state index < -0.39 is 5.97 Å². The molecule has 1 aromatic rings. The van der Waals surface area contributed by atoms with Crippen LogP contribution in [0.15, 0.2) is 12.1 Å². The topological polar surface area (TPSA) is 57.5 Å². The van der Waals surface area contributed by atoms with Gasteiger partial charge in [-0.15, -0.1) is 0 Å². The maximum atomic E-state index is 10.7. The summed E-state index contributed by atoms with van der Waals surface area (Å²) in [4.78, 5) is 10.7. The molecule has 20 heavy (non-hydrogen) atoms. The molecule has 0 heterocycles. The minimum Gasteiger partial charge on any atom is -0.507 e. The van der Waals surface area contributed by atoms with Gasteiger partial charge in [-0.3, -0.25) is 4.79 Å². The van der Waals surface area contributed by atoms with E-state index in [1.165, 1.54) is 0 Å². The average molecular weight is 278 g/mol. The number of carbonyl (C=O) groups is 1. The lowest BCUT2D eigenvalue weighted by Crippen LogP contribution is -2.13. The lowest BCUT2D eigenvalue weighted by atomic mass is 9.83. The number of hydrogen-bond acceptors (Lipinski definition) is 2. The Morgan fingerprint density at radius 1 is 1.20 bits per heavy atom. The van der Waals surface area contributed by atoms with Gasteiger partial charge in [0.15, 0.2) is 0 Å². The van der Waals surface area contributed by atoms with Gasteiger partial charge in [-0.1, -0.05) is 46.2 Å². The molecule has 1 rings (SSSR count). The molecule has 0 spiro atoms. The zero-order valence-electron chi connectivity index (χ0n) is 13.0. The number of aromatic hydroxyl groups is 1. The van der Waals surface area contributed by atoms with Gasteiger partial charge in [0.2, 0.25) is 0 Å². The van der Waals surface area contributed by atoms with Crippen LogP contribution in [-0.4, -0.2) is 16.2 Å². The molecular formula is C17H26O3. The van der Waals surface area contributed by atoms with E-state index in [2.05, 4.69) is 27.7 Å². The highest BCUT2D eigenvalue weighted by Gasteiger charge is 2.21. The second-order valence-electron chi connectivity index (χ2n) is 6.40. The van der Waals surface area contributed by atoms with E-state index in [-0.39, 0.29) is 11.8 Å². The first-order valence-electron chi connectivity index (χ1n) is 7.32. The maximum Gasteiger partial charge on any atom is 0.303 e. The summed E-state index contributed by atoms with van der Waals surface area (Å²) in [6.07, 6.45) is 3.58. The molecule has 0 fully saturated rings. The summed E-state index contributed by atoms with van der Waals surface area (Å²) in [5.74, 6) is -0.407. The van der Waals surface area contributed by atoms with Gasteiger partial charge in [0.05, 0.1) is 0 Å². The first-order chi connectivity index (χ1) is 9.25. The number of rotatable bonds is 6. The van der Waals surface area contributed by atoms with Gasteiger partial charge >= 0.3 is 5.97 Å². The molecule has 0 saturated carbocycles. The number of phenolic OH excluding ortho intramolecular Hbond substituents is 1. The summed E-state index contributed by atoms with van der Waals surface area (Å²) in [6, 6.07) is 3.91. The molecule has 2 N–H and O–H groups in total. The Labute approximate surface area is 121 Å². The molecule has 0 atom stereocenters. The zero-order valence-corrected chi connectivity index (χ0v) is 13.0. The van der Waals surface area contributed by atoms with Crippen molar-refractivity contribution in [2.24, 2.45) is 0 Å². The Morgan fingerprint density at radius 3 is 2.35 bits per heavy atom. The molecule has 0 aliphatic heterocycles. The smallest absolute Gasteiger partial charge is 0.303 e. The average Bonchev–Trinajstić information content (AvgIpc) is 2.34. The minimum absolute atomic E-state index is 0.127. The fourth-order valence-corrected chi connectivity index (χ4v) is 2.29. The van der Waals surface area contributed by atoms with E-state index >= 15 is 0 Å². The fourth-order valence-electron chi connectivity index (χ4n) is 2.29. The Balaban J connectivity index is 3.15. The molecule has 112 valence electrons. The summed E-state index contributed by atoms with van der Waals surface area (Å²) in [5, 5.41) is 19.3. The van der Waals surface area contributed by atoms with E-state index in [0.29, 0.717) is 12.2 Å². The highest BCUT2D eigenvalue weighted by Crippen LogP contribution is 2.35. The molecule has 3 heteroatoms. The van der Waals surface area contributed by atoms with Crippen LogP contribution in [0.2, 0.25) is 0 Å². The van der Waals surface area contributed by atoms with Crippen molar-refractivity contribution in [2.45, 2.75) is 65.2 Å². The van der Waals surface area contributed by atoms with Crippen LogP contribution in [-0.2, 0) is 23.1 Å². The van der Waals surface area contributed by atoms with Crippen molar-refractivity contribution >= 4 is 5.97 Å². The Bertz CT molecular complexity index is 470. The molecule has 0 aliphatic carbocycles. The van der Waals surface area contributed by atoms with Gasteiger partial charge in [-0.25, -0.2) is 0 Å². The number of aliphatic carboxylic acids is 1. The van der Waals surface area contributed by atoms with Crippen LogP contribution in [0.4, 0.5) is 0 Å². The third-order valence-electron chi connectivity index (χ3n) is 3.48. The molecule has 0 unspecified atom stereocenters. The SMILES string of the molecule is CCCCc1cc(CCC(=O)O)cc(C(C)(C)C)c1O. The van der Waals surface area contributed by atoms with E-state index in [9.17, 15) is 9.90 Å². The summed E-state index contributed by atoms with van der Waals surface area (Å²) in [5.41, 5.74) is 2.71. The van der Waals surface area contributed by atoms with Gasteiger partial charge in [-0.2, -0.15) is 0 Å². The standard InChI is InChI=1S/C17H26O3/c1-5-6-7-13-10-12(8-9-15(18)19)11-14(16(13)20)17(2,3)4/h10-11,20H,5-9H2,1-4H3,(H,18,19). The second kappa shape index (κ2) is 6.78. The highest BCUT2D eigenvalue weighted by atomic mass is 16.4. The van der Waals surface area contributed by atoms with E-state index in [1.807, 2.05) is 12.1 Å². The number of phenols is 1. The Morgan fingerprint density at radius 2 is 1.85 bits per heavy atom. The van der Waals surface area contributed by atoms with Crippen molar-refractivity contribution in [2.75, 3.05) is 0 Å². The third kappa shape index (κ3) is 4.55. The van der Waals surface area contributed by atoms with Crippen LogP contribution >= 0.6 is 0 Å². The van der Waals surface area contributed by atoms with Crippen molar-refractivity contribution < 1.29 is 15.0 Å². The van der Waals surface area contributed by atoms with Gasteiger partial charge in [0.25, 0.3) is 0 Å². The molecule has 0 aromatic heterocycles. The summed E-state index contributed by atoms with van der Waals surface area (Å²) in [7, 11) is 0. The van der Waals surface area contributed by atoms with Gasteiger partial charge in [0, 0.05) is 6.42 Å². The van der Waals surface area contributed by atoms with E-state index in [1.54, 1.807) is 0 Å². The van der Waals surface area contributed by atoms with Crippen molar-refractivity contribution in [1.82, 2.24) is 0 Å². The highest BCUT2D eigenvalue weighted by molar-refractivity contribution is 5.67. The van der Waals surface area contributed by atoms with E-state index in [4.69, 9.17) is 5.11 Å². The number of unbranched alkanes of at least 4 members (excludes halogenated alkanes) is 1. The Hall–Kier alpha value is -1.51. The molecule has 0 radical (unpaired) electrons. The molecule has 0 amide bonds. The van der Waals surface area contributed by atoms with Crippen molar-refractivity contribution in [1.29, 1.82) is 0 Å². The number of carboxylic acids is 1. The lowest BCUT2D eigenvalue weighted by molar-refractivity contribution is -0.136. The predicted octanol–water partition coefficient (Wildman–Crippen LogP) is 4.05. The number of hydrogen-bond donors (Lipinski definition) is 2. The quantitative estimate of drug-likeness (QED) is 0.825. The summed E-state index contributed by atoms with van der Waals surface area (Å²) in [6.45, 7) is 8.31.